The Balaban J connectivity index is 4.51. The minimum atomic E-state index is -3.32. The monoisotopic (exact) mass is 315 g/mol. The van der Waals surface area contributed by atoms with Crippen molar-refractivity contribution < 1.29 is 17.9 Å². The molecular formula is C9H18BrNO4S. The molecule has 0 amide bonds. The summed E-state index contributed by atoms with van der Waals surface area (Å²) < 4.78 is 29.0. The molecular weight excluding hydrogens is 298 g/mol. The third-order valence-electron chi connectivity index (χ3n) is 1.89. The van der Waals surface area contributed by atoms with Crippen molar-refractivity contribution in [1.82, 2.24) is 4.31 Å². The second-order valence-corrected chi connectivity index (χ2v) is 7.07. The van der Waals surface area contributed by atoms with Gasteiger partial charge in [0.05, 0.1) is 13.5 Å². The van der Waals surface area contributed by atoms with Crippen LogP contribution in [-0.4, -0.2) is 43.6 Å². The van der Waals surface area contributed by atoms with E-state index in [4.69, 9.17) is 0 Å². The number of carbonyl (C=O) groups is 1. The van der Waals surface area contributed by atoms with Crippen molar-refractivity contribution in [1.29, 1.82) is 0 Å². The maximum Gasteiger partial charge on any atom is 0.306 e. The van der Waals surface area contributed by atoms with Gasteiger partial charge in [0, 0.05) is 13.1 Å². The first-order valence-electron chi connectivity index (χ1n) is 4.94. The first-order chi connectivity index (χ1) is 7.33. The van der Waals surface area contributed by atoms with Crippen LogP contribution in [0.3, 0.4) is 0 Å². The lowest BCUT2D eigenvalue weighted by atomic mass is 10.2. The van der Waals surface area contributed by atoms with E-state index in [-0.39, 0.29) is 23.5 Å². The number of hydrogen-bond acceptors (Lipinski definition) is 4. The molecule has 0 radical (unpaired) electrons. The normalized spacial score (nSPS) is 12.1. The van der Waals surface area contributed by atoms with Crippen molar-refractivity contribution in [3.63, 3.8) is 0 Å². The summed E-state index contributed by atoms with van der Waals surface area (Å²) in [5.74, 6) is -0.190. The van der Waals surface area contributed by atoms with E-state index >= 15 is 0 Å². The quantitative estimate of drug-likeness (QED) is 0.523. The number of ether oxygens (including phenoxy) is 1. The van der Waals surface area contributed by atoms with Crippen molar-refractivity contribution in [2.75, 3.05) is 24.9 Å². The van der Waals surface area contributed by atoms with Crippen molar-refractivity contribution in [2.45, 2.75) is 20.3 Å². The summed E-state index contributed by atoms with van der Waals surface area (Å²) in [5, 5.41) is 0. The lowest BCUT2D eigenvalue weighted by Crippen LogP contribution is -2.36. The van der Waals surface area contributed by atoms with Gasteiger partial charge in [-0.1, -0.05) is 29.8 Å². The SMILES string of the molecule is COC(=O)CCN(CC(C)C)S(=O)(=O)CBr. The minimum Gasteiger partial charge on any atom is -0.469 e. The molecule has 0 aromatic heterocycles. The fourth-order valence-corrected chi connectivity index (χ4v) is 3.04. The van der Waals surface area contributed by atoms with Gasteiger partial charge in [-0.25, -0.2) is 12.7 Å². The zero-order valence-corrected chi connectivity index (χ0v) is 12.2. The molecule has 0 rings (SSSR count). The van der Waals surface area contributed by atoms with Crippen LogP contribution in [0.25, 0.3) is 0 Å². The van der Waals surface area contributed by atoms with E-state index in [1.54, 1.807) is 0 Å². The summed E-state index contributed by atoms with van der Waals surface area (Å²) >= 11 is 2.94. The lowest BCUT2D eigenvalue weighted by Gasteiger charge is -2.22. The molecule has 0 aromatic carbocycles. The summed E-state index contributed by atoms with van der Waals surface area (Å²) in [5.41, 5.74) is 0. The number of esters is 1. The zero-order valence-electron chi connectivity index (χ0n) is 9.77. The average molecular weight is 316 g/mol. The fraction of sp³-hybridized carbons (Fsp3) is 0.889. The second kappa shape index (κ2) is 7.24. The number of carbonyl (C=O) groups excluding carboxylic acids is 1. The van der Waals surface area contributed by atoms with Crippen LogP contribution in [-0.2, 0) is 19.6 Å². The maximum absolute atomic E-state index is 11.7. The van der Waals surface area contributed by atoms with Crippen molar-refractivity contribution in [2.24, 2.45) is 5.92 Å². The Bertz CT molecular complexity index is 315. The van der Waals surface area contributed by atoms with Gasteiger partial charge < -0.3 is 4.74 Å². The van der Waals surface area contributed by atoms with Gasteiger partial charge in [-0.05, 0) is 5.92 Å². The molecule has 5 nitrogen and oxygen atoms in total. The standard InChI is InChI=1S/C9H18BrNO4S/c1-8(2)6-11(16(13,14)7-10)5-4-9(12)15-3/h8H,4-7H2,1-3H3. The van der Waals surface area contributed by atoms with Gasteiger partial charge in [0.15, 0.2) is 0 Å². The van der Waals surface area contributed by atoms with Crippen LogP contribution >= 0.6 is 15.9 Å². The highest BCUT2D eigenvalue weighted by Crippen LogP contribution is 2.09. The van der Waals surface area contributed by atoms with Gasteiger partial charge in [0.2, 0.25) is 10.0 Å². The Kier molecular flexibility index (Phi) is 7.17. The van der Waals surface area contributed by atoms with E-state index < -0.39 is 16.0 Å². The third kappa shape index (κ3) is 5.81. The van der Waals surface area contributed by atoms with E-state index in [0.717, 1.165) is 0 Å². The molecule has 96 valence electrons. The molecule has 0 aliphatic rings. The molecule has 0 fully saturated rings. The topological polar surface area (TPSA) is 63.7 Å². The minimum absolute atomic E-state index is 0.0788. The molecule has 0 saturated heterocycles. The first kappa shape index (κ1) is 15.9. The molecule has 0 aromatic rings. The highest BCUT2D eigenvalue weighted by molar-refractivity contribution is 9.10. The molecule has 0 bridgehead atoms. The van der Waals surface area contributed by atoms with Crippen molar-refractivity contribution in [3.05, 3.63) is 0 Å². The third-order valence-corrected chi connectivity index (χ3v) is 5.02. The van der Waals surface area contributed by atoms with Crippen molar-refractivity contribution >= 4 is 31.9 Å². The zero-order chi connectivity index (χ0) is 12.8. The molecule has 0 aliphatic carbocycles. The highest BCUT2D eigenvalue weighted by Gasteiger charge is 2.22. The van der Waals surface area contributed by atoms with Crippen LogP contribution in [0.15, 0.2) is 0 Å². The van der Waals surface area contributed by atoms with Crippen LogP contribution in [0.2, 0.25) is 0 Å². The van der Waals surface area contributed by atoms with Gasteiger partial charge in [-0.15, -0.1) is 0 Å². The Morgan fingerprint density at radius 2 is 2.00 bits per heavy atom. The predicted octanol–water partition coefficient (Wildman–Crippen LogP) is 1.19. The Morgan fingerprint density at radius 1 is 1.44 bits per heavy atom. The number of sulfonamides is 1. The lowest BCUT2D eigenvalue weighted by molar-refractivity contribution is -0.140. The summed E-state index contributed by atoms with van der Waals surface area (Å²) in [4.78, 5) is 11.0. The smallest absolute Gasteiger partial charge is 0.306 e. The van der Waals surface area contributed by atoms with Gasteiger partial charge in [0.25, 0.3) is 0 Å². The molecule has 0 saturated carbocycles. The van der Waals surface area contributed by atoms with Crippen LogP contribution in [0, 0.1) is 5.92 Å². The number of rotatable bonds is 7. The molecule has 0 atom stereocenters. The molecule has 16 heavy (non-hydrogen) atoms. The highest BCUT2D eigenvalue weighted by atomic mass is 79.9. The Labute approximate surface area is 105 Å². The van der Waals surface area contributed by atoms with E-state index in [9.17, 15) is 13.2 Å². The van der Waals surface area contributed by atoms with Gasteiger partial charge in [-0.2, -0.15) is 0 Å². The second-order valence-electron chi connectivity index (χ2n) is 3.80. The summed E-state index contributed by atoms with van der Waals surface area (Å²) in [6.07, 6.45) is 0.0788. The maximum atomic E-state index is 11.7. The van der Waals surface area contributed by atoms with Crippen LogP contribution in [0.5, 0.6) is 0 Å². The number of halogens is 1. The molecule has 0 N–H and O–H groups in total. The van der Waals surface area contributed by atoms with Crippen LogP contribution in [0.4, 0.5) is 0 Å². The fourth-order valence-electron chi connectivity index (χ4n) is 1.14. The first-order valence-corrected chi connectivity index (χ1v) is 7.67. The number of nitrogens with zero attached hydrogens (tertiary/aromatic N) is 1. The number of alkyl halides is 1. The van der Waals surface area contributed by atoms with Gasteiger partial charge in [-0.3, -0.25) is 4.79 Å². The largest absolute Gasteiger partial charge is 0.469 e. The molecule has 0 spiro atoms. The number of hydrogen-bond donors (Lipinski definition) is 0. The summed E-state index contributed by atoms with van der Waals surface area (Å²) in [7, 11) is -2.03. The summed E-state index contributed by atoms with van der Waals surface area (Å²) in [6, 6.07) is 0. The van der Waals surface area contributed by atoms with Crippen molar-refractivity contribution in [3.8, 4) is 0 Å². The van der Waals surface area contributed by atoms with E-state index in [1.807, 2.05) is 13.8 Å². The molecule has 0 heterocycles. The van der Waals surface area contributed by atoms with E-state index in [1.165, 1.54) is 11.4 Å². The van der Waals surface area contributed by atoms with Gasteiger partial charge in [0.1, 0.15) is 4.66 Å². The van der Waals surface area contributed by atoms with Crippen LogP contribution in [0.1, 0.15) is 20.3 Å². The van der Waals surface area contributed by atoms with E-state index in [2.05, 4.69) is 20.7 Å². The van der Waals surface area contributed by atoms with E-state index in [0.29, 0.717) is 6.54 Å². The molecule has 0 unspecified atom stereocenters. The Hall–Kier alpha value is -0.140. The molecule has 7 heteroatoms. The average Bonchev–Trinajstić information content (AvgIpc) is 2.22. The predicted molar refractivity (Wildman–Crippen MR) is 65.8 cm³/mol. The molecule has 0 aliphatic heterocycles. The Morgan fingerprint density at radius 3 is 2.38 bits per heavy atom. The van der Waals surface area contributed by atoms with Crippen LogP contribution < -0.4 is 0 Å². The van der Waals surface area contributed by atoms with Gasteiger partial charge >= 0.3 is 5.97 Å². The number of methoxy groups -OCH3 is 1. The summed E-state index contributed by atoms with van der Waals surface area (Å²) in [6.45, 7) is 4.42.